The van der Waals surface area contributed by atoms with Crippen LogP contribution in [0.3, 0.4) is 0 Å². The first kappa shape index (κ1) is 19.0. The number of aryl methyl sites for hydroxylation is 1. The second kappa shape index (κ2) is 9.87. The van der Waals surface area contributed by atoms with Crippen LogP contribution in [0, 0.1) is 6.92 Å². The van der Waals surface area contributed by atoms with Gasteiger partial charge < -0.3 is 14.8 Å². The van der Waals surface area contributed by atoms with Crippen molar-refractivity contribution in [3.63, 3.8) is 0 Å². The van der Waals surface area contributed by atoms with Crippen LogP contribution >= 0.6 is 11.6 Å². The van der Waals surface area contributed by atoms with Crippen molar-refractivity contribution in [3.05, 3.63) is 28.8 Å². The van der Waals surface area contributed by atoms with Gasteiger partial charge in [0.25, 0.3) is 5.91 Å². The molecule has 5 nitrogen and oxygen atoms in total. The smallest absolute Gasteiger partial charge is 0.260 e. The van der Waals surface area contributed by atoms with E-state index in [0.29, 0.717) is 17.3 Å². The van der Waals surface area contributed by atoms with Gasteiger partial charge in [0, 0.05) is 19.6 Å². The fourth-order valence-corrected chi connectivity index (χ4v) is 2.75. The first-order valence-electron chi connectivity index (χ1n) is 8.57. The maximum atomic E-state index is 12.1. The number of unbranched alkanes of at least 4 members (excludes halogenated alkanes) is 1. The third-order valence-corrected chi connectivity index (χ3v) is 4.38. The largest absolute Gasteiger partial charge is 0.479 e. The number of carbonyl (C=O) groups is 1. The van der Waals surface area contributed by atoms with Crippen molar-refractivity contribution in [3.8, 4) is 5.75 Å². The van der Waals surface area contributed by atoms with Crippen molar-refractivity contribution in [1.82, 2.24) is 10.2 Å². The number of nitrogens with one attached hydrogen (secondary N) is 1. The third kappa shape index (κ3) is 6.30. The van der Waals surface area contributed by atoms with Crippen LogP contribution in [0.2, 0.25) is 5.02 Å². The maximum Gasteiger partial charge on any atom is 0.260 e. The van der Waals surface area contributed by atoms with Crippen molar-refractivity contribution in [2.24, 2.45) is 0 Å². The van der Waals surface area contributed by atoms with Crippen LogP contribution in [0.5, 0.6) is 5.75 Å². The lowest BCUT2D eigenvalue weighted by molar-refractivity contribution is -0.127. The van der Waals surface area contributed by atoms with Gasteiger partial charge >= 0.3 is 0 Å². The van der Waals surface area contributed by atoms with Gasteiger partial charge in [0.2, 0.25) is 0 Å². The molecule has 1 aromatic carbocycles. The van der Waals surface area contributed by atoms with E-state index in [4.69, 9.17) is 21.1 Å². The van der Waals surface area contributed by atoms with E-state index in [1.807, 2.05) is 19.1 Å². The highest BCUT2D eigenvalue weighted by Gasteiger charge is 2.16. The molecule has 1 heterocycles. The SMILES string of the molecule is Cc1ccc(Cl)c(OC(C)C(=O)NCCCCN2CCOCC2)c1. The summed E-state index contributed by atoms with van der Waals surface area (Å²) in [5.74, 6) is 0.436. The predicted molar refractivity (Wildman–Crippen MR) is 95.8 cm³/mol. The summed E-state index contributed by atoms with van der Waals surface area (Å²) in [7, 11) is 0. The summed E-state index contributed by atoms with van der Waals surface area (Å²) in [5, 5.41) is 3.44. The second-order valence-corrected chi connectivity index (χ2v) is 6.55. The minimum atomic E-state index is -0.566. The Labute approximate surface area is 149 Å². The molecule has 1 fully saturated rings. The molecule has 1 saturated heterocycles. The number of hydrogen-bond donors (Lipinski definition) is 1. The molecule has 1 unspecified atom stereocenters. The average Bonchev–Trinajstić information content (AvgIpc) is 2.58. The van der Waals surface area contributed by atoms with Crippen molar-refractivity contribution in [2.75, 3.05) is 39.4 Å². The molecular weight excluding hydrogens is 328 g/mol. The zero-order valence-electron chi connectivity index (χ0n) is 14.5. The first-order valence-corrected chi connectivity index (χ1v) is 8.94. The number of benzene rings is 1. The summed E-state index contributed by atoms with van der Waals surface area (Å²) in [6, 6.07) is 5.53. The Balaban J connectivity index is 1.63. The third-order valence-electron chi connectivity index (χ3n) is 4.06. The molecule has 0 spiro atoms. The highest BCUT2D eigenvalue weighted by Crippen LogP contribution is 2.26. The van der Waals surface area contributed by atoms with Gasteiger partial charge in [-0.2, -0.15) is 0 Å². The molecule has 24 heavy (non-hydrogen) atoms. The standard InChI is InChI=1S/C18H27ClN2O3/c1-14-5-6-16(19)17(13-14)24-15(2)18(22)20-7-3-4-8-21-9-11-23-12-10-21/h5-6,13,15H,3-4,7-12H2,1-2H3,(H,20,22). The molecule has 2 rings (SSSR count). The number of nitrogens with zero attached hydrogens (tertiary/aromatic N) is 1. The molecule has 134 valence electrons. The van der Waals surface area contributed by atoms with Gasteiger partial charge in [-0.25, -0.2) is 0 Å². The topological polar surface area (TPSA) is 50.8 Å². The van der Waals surface area contributed by atoms with Crippen LogP contribution in [0.25, 0.3) is 0 Å². The monoisotopic (exact) mass is 354 g/mol. The van der Waals surface area contributed by atoms with E-state index in [0.717, 1.165) is 51.3 Å². The van der Waals surface area contributed by atoms with Gasteiger partial charge in [-0.05, 0) is 50.9 Å². The molecule has 1 amide bonds. The molecule has 1 aliphatic rings. The normalized spacial score (nSPS) is 16.6. The van der Waals surface area contributed by atoms with Crippen LogP contribution in [0.4, 0.5) is 0 Å². The molecule has 1 atom stereocenters. The lowest BCUT2D eigenvalue weighted by Gasteiger charge is -2.26. The molecular formula is C18H27ClN2O3. The molecule has 0 bridgehead atoms. The summed E-state index contributed by atoms with van der Waals surface area (Å²) < 4.78 is 11.0. The molecule has 0 saturated carbocycles. The van der Waals surface area contributed by atoms with Crippen molar-refractivity contribution >= 4 is 17.5 Å². The molecule has 0 aliphatic carbocycles. The lowest BCUT2D eigenvalue weighted by atomic mass is 10.2. The van der Waals surface area contributed by atoms with E-state index in [1.165, 1.54) is 0 Å². The Morgan fingerprint density at radius 3 is 2.88 bits per heavy atom. The Hall–Kier alpha value is -1.30. The average molecular weight is 355 g/mol. The maximum absolute atomic E-state index is 12.1. The lowest BCUT2D eigenvalue weighted by Crippen LogP contribution is -2.38. The fraction of sp³-hybridized carbons (Fsp3) is 0.611. The number of halogens is 1. The Bertz CT molecular complexity index is 533. The summed E-state index contributed by atoms with van der Waals surface area (Å²) in [4.78, 5) is 14.5. The van der Waals surface area contributed by atoms with E-state index in [2.05, 4.69) is 10.2 Å². The van der Waals surface area contributed by atoms with Crippen LogP contribution in [-0.4, -0.2) is 56.3 Å². The minimum Gasteiger partial charge on any atom is -0.479 e. The number of morpholine rings is 1. The number of carbonyl (C=O) groups excluding carboxylic acids is 1. The highest BCUT2D eigenvalue weighted by atomic mass is 35.5. The molecule has 1 aliphatic heterocycles. The van der Waals surface area contributed by atoms with Gasteiger partial charge in [0.15, 0.2) is 6.10 Å². The fourth-order valence-electron chi connectivity index (χ4n) is 2.59. The minimum absolute atomic E-state index is 0.112. The number of hydrogen-bond acceptors (Lipinski definition) is 4. The number of amides is 1. The van der Waals surface area contributed by atoms with Crippen molar-refractivity contribution in [2.45, 2.75) is 32.8 Å². The summed E-state index contributed by atoms with van der Waals surface area (Å²) in [6.07, 6.45) is 1.46. The quantitative estimate of drug-likeness (QED) is 0.729. The van der Waals surface area contributed by atoms with Crippen LogP contribution in [-0.2, 0) is 9.53 Å². The van der Waals surface area contributed by atoms with E-state index in [9.17, 15) is 4.79 Å². The number of ether oxygens (including phenoxy) is 2. The van der Waals surface area contributed by atoms with E-state index >= 15 is 0 Å². The van der Waals surface area contributed by atoms with Crippen LogP contribution < -0.4 is 10.1 Å². The van der Waals surface area contributed by atoms with Gasteiger partial charge in [-0.1, -0.05) is 17.7 Å². The molecule has 6 heteroatoms. The van der Waals surface area contributed by atoms with Crippen LogP contribution in [0.15, 0.2) is 18.2 Å². The zero-order valence-corrected chi connectivity index (χ0v) is 15.3. The van der Waals surface area contributed by atoms with E-state index in [-0.39, 0.29) is 5.91 Å². The van der Waals surface area contributed by atoms with Gasteiger partial charge in [0.1, 0.15) is 5.75 Å². The second-order valence-electron chi connectivity index (χ2n) is 6.15. The summed E-state index contributed by atoms with van der Waals surface area (Å²) in [6.45, 7) is 9.09. The van der Waals surface area contributed by atoms with Crippen LogP contribution in [0.1, 0.15) is 25.3 Å². The summed E-state index contributed by atoms with van der Waals surface area (Å²) in [5.41, 5.74) is 1.05. The Morgan fingerprint density at radius 2 is 2.12 bits per heavy atom. The van der Waals surface area contributed by atoms with E-state index in [1.54, 1.807) is 13.0 Å². The highest BCUT2D eigenvalue weighted by molar-refractivity contribution is 6.32. The van der Waals surface area contributed by atoms with Crippen molar-refractivity contribution < 1.29 is 14.3 Å². The number of rotatable bonds is 8. The van der Waals surface area contributed by atoms with Gasteiger partial charge in [0.05, 0.1) is 18.2 Å². The van der Waals surface area contributed by atoms with Gasteiger partial charge in [-0.3, -0.25) is 9.69 Å². The molecule has 0 radical (unpaired) electrons. The predicted octanol–water partition coefficient (Wildman–Crippen LogP) is 2.64. The Morgan fingerprint density at radius 1 is 1.38 bits per heavy atom. The Kier molecular flexibility index (Phi) is 7.82. The van der Waals surface area contributed by atoms with Crippen molar-refractivity contribution in [1.29, 1.82) is 0 Å². The van der Waals surface area contributed by atoms with E-state index < -0.39 is 6.10 Å². The van der Waals surface area contributed by atoms with Gasteiger partial charge in [-0.15, -0.1) is 0 Å². The summed E-state index contributed by atoms with van der Waals surface area (Å²) >= 11 is 6.09. The zero-order chi connectivity index (χ0) is 17.4. The molecule has 1 aromatic rings. The molecule has 1 N–H and O–H groups in total. The first-order chi connectivity index (χ1) is 11.6. The molecule has 0 aromatic heterocycles.